The number of rotatable bonds is 7. The summed E-state index contributed by atoms with van der Waals surface area (Å²) < 4.78 is 12.9. The summed E-state index contributed by atoms with van der Waals surface area (Å²) in [6, 6.07) is 10.3. The largest absolute Gasteiger partial charge is 0.488 e. The first-order valence-electron chi connectivity index (χ1n) is 10.4. The summed E-state index contributed by atoms with van der Waals surface area (Å²) in [5, 5.41) is 0. The SMILES string of the molecule is [CH2]CN(CC)CC1(C)CCc2c(C)c(OCc3ccccc3)c(C)c(C)c2O1. The van der Waals surface area contributed by atoms with Gasteiger partial charge in [0.2, 0.25) is 0 Å². The molecule has 3 nitrogen and oxygen atoms in total. The van der Waals surface area contributed by atoms with Crippen LogP contribution in [0, 0.1) is 27.7 Å². The Morgan fingerprint density at radius 3 is 2.46 bits per heavy atom. The topological polar surface area (TPSA) is 21.7 Å². The second-order valence-electron chi connectivity index (χ2n) is 8.21. The molecule has 0 saturated heterocycles. The third kappa shape index (κ3) is 4.20. The van der Waals surface area contributed by atoms with E-state index in [2.05, 4.69) is 70.7 Å². The maximum Gasteiger partial charge on any atom is 0.127 e. The fourth-order valence-electron chi connectivity index (χ4n) is 4.16. The van der Waals surface area contributed by atoms with Gasteiger partial charge in [-0.2, -0.15) is 0 Å². The molecular formula is C25H34NO2. The highest BCUT2D eigenvalue weighted by atomic mass is 16.5. The summed E-state index contributed by atoms with van der Waals surface area (Å²) in [6.07, 6.45) is 2.03. The number of likely N-dealkylation sites (N-methyl/N-ethyl adjacent to an activating group) is 1. The highest BCUT2D eigenvalue weighted by Crippen LogP contribution is 2.44. The Labute approximate surface area is 170 Å². The summed E-state index contributed by atoms with van der Waals surface area (Å²) in [5.74, 6) is 2.08. The highest BCUT2D eigenvalue weighted by Gasteiger charge is 2.35. The van der Waals surface area contributed by atoms with Crippen LogP contribution < -0.4 is 9.47 Å². The molecule has 0 fully saturated rings. The minimum absolute atomic E-state index is 0.170. The van der Waals surface area contributed by atoms with E-state index >= 15 is 0 Å². The lowest BCUT2D eigenvalue weighted by atomic mass is 9.86. The average molecular weight is 381 g/mol. The molecule has 3 rings (SSSR count). The summed E-state index contributed by atoms with van der Waals surface area (Å²) in [5.41, 5.74) is 5.93. The molecule has 1 aliphatic heterocycles. The molecule has 151 valence electrons. The van der Waals surface area contributed by atoms with Crippen LogP contribution in [0.5, 0.6) is 11.5 Å². The lowest BCUT2D eigenvalue weighted by molar-refractivity contribution is 0.0287. The van der Waals surface area contributed by atoms with Crippen molar-refractivity contribution in [1.29, 1.82) is 0 Å². The lowest BCUT2D eigenvalue weighted by Gasteiger charge is -2.40. The zero-order valence-electron chi connectivity index (χ0n) is 18.1. The van der Waals surface area contributed by atoms with Gasteiger partial charge in [-0.15, -0.1) is 0 Å². The van der Waals surface area contributed by atoms with Gasteiger partial charge in [0.15, 0.2) is 0 Å². The normalized spacial score (nSPS) is 18.7. The molecule has 2 aromatic carbocycles. The predicted octanol–water partition coefficient (Wildman–Crippen LogP) is 5.43. The van der Waals surface area contributed by atoms with Gasteiger partial charge in [0, 0.05) is 12.1 Å². The van der Waals surface area contributed by atoms with Gasteiger partial charge in [-0.1, -0.05) is 37.3 Å². The molecule has 3 heteroatoms. The van der Waals surface area contributed by atoms with Gasteiger partial charge in [0.25, 0.3) is 0 Å². The molecule has 1 aliphatic rings. The molecule has 1 radical (unpaired) electrons. The van der Waals surface area contributed by atoms with Crippen molar-refractivity contribution in [2.75, 3.05) is 19.6 Å². The maximum absolute atomic E-state index is 6.64. The number of fused-ring (bicyclic) bond motifs is 1. The van der Waals surface area contributed by atoms with Gasteiger partial charge >= 0.3 is 0 Å². The summed E-state index contributed by atoms with van der Waals surface area (Å²) in [6.45, 7) is 18.3. The van der Waals surface area contributed by atoms with E-state index in [4.69, 9.17) is 9.47 Å². The second-order valence-corrected chi connectivity index (χ2v) is 8.21. The predicted molar refractivity (Wildman–Crippen MR) is 116 cm³/mol. The molecular weight excluding hydrogens is 346 g/mol. The third-order valence-electron chi connectivity index (χ3n) is 6.11. The Bertz CT molecular complexity index is 811. The van der Waals surface area contributed by atoms with Crippen LogP contribution in [0.25, 0.3) is 0 Å². The van der Waals surface area contributed by atoms with Crippen LogP contribution >= 0.6 is 0 Å². The molecule has 0 aliphatic carbocycles. The van der Waals surface area contributed by atoms with Gasteiger partial charge in [-0.25, -0.2) is 0 Å². The number of benzene rings is 2. The first kappa shape index (κ1) is 20.7. The Hall–Kier alpha value is -2.00. The monoisotopic (exact) mass is 380 g/mol. The van der Waals surface area contributed by atoms with Gasteiger partial charge in [-0.05, 0) is 82.8 Å². The zero-order valence-corrected chi connectivity index (χ0v) is 18.1. The molecule has 0 aromatic heterocycles. The van der Waals surface area contributed by atoms with Crippen LogP contribution in [0.15, 0.2) is 30.3 Å². The second kappa shape index (κ2) is 8.57. The molecule has 0 saturated carbocycles. The highest BCUT2D eigenvalue weighted by molar-refractivity contribution is 5.59. The number of hydrogen-bond acceptors (Lipinski definition) is 3. The Kier molecular flexibility index (Phi) is 6.34. The van der Waals surface area contributed by atoms with Crippen LogP contribution in [0.1, 0.15) is 48.1 Å². The minimum atomic E-state index is -0.170. The van der Waals surface area contributed by atoms with Crippen molar-refractivity contribution in [1.82, 2.24) is 4.90 Å². The number of nitrogens with zero attached hydrogens (tertiary/aromatic N) is 1. The number of hydrogen-bond donors (Lipinski definition) is 0. The molecule has 28 heavy (non-hydrogen) atoms. The molecule has 0 amide bonds. The van der Waals surface area contributed by atoms with Crippen LogP contribution in [0.3, 0.4) is 0 Å². The van der Waals surface area contributed by atoms with E-state index in [9.17, 15) is 0 Å². The van der Waals surface area contributed by atoms with E-state index in [1.165, 1.54) is 27.8 Å². The lowest BCUT2D eigenvalue weighted by Crippen LogP contribution is -2.47. The van der Waals surface area contributed by atoms with E-state index < -0.39 is 0 Å². The molecule has 0 N–H and O–H groups in total. The van der Waals surface area contributed by atoms with Crippen LogP contribution in [0.4, 0.5) is 0 Å². The molecule has 2 aromatic rings. The third-order valence-corrected chi connectivity index (χ3v) is 6.11. The van der Waals surface area contributed by atoms with Crippen LogP contribution in [-0.4, -0.2) is 30.1 Å². The van der Waals surface area contributed by atoms with Crippen molar-refractivity contribution in [3.63, 3.8) is 0 Å². The Balaban J connectivity index is 1.86. The van der Waals surface area contributed by atoms with Crippen molar-refractivity contribution in [2.24, 2.45) is 0 Å². The average Bonchev–Trinajstić information content (AvgIpc) is 2.71. The van der Waals surface area contributed by atoms with Gasteiger partial charge in [0.05, 0.1) is 0 Å². The summed E-state index contributed by atoms with van der Waals surface area (Å²) >= 11 is 0. The van der Waals surface area contributed by atoms with Crippen molar-refractivity contribution >= 4 is 0 Å². The Morgan fingerprint density at radius 1 is 1.11 bits per heavy atom. The van der Waals surface area contributed by atoms with Crippen LogP contribution in [-0.2, 0) is 13.0 Å². The molecule has 0 bridgehead atoms. The van der Waals surface area contributed by atoms with Crippen molar-refractivity contribution in [3.05, 3.63) is 65.1 Å². The number of ether oxygens (including phenoxy) is 2. The van der Waals surface area contributed by atoms with Crippen molar-refractivity contribution in [3.8, 4) is 11.5 Å². The fraction of sp³-hybridized carbons (Fsp3) is 0.480. The van der Waals surface area contributed by atoms with Gasteiger partial charge in [0.1, 0.15) is 23.7 Å². The van der Waals surface area contributed by atoms with E-state index in [0.29, 0.717) is 6.61 Å². The van der Waals surface area contributed by atoms with Crippen molar-refractivity contribution in [2.45, 2.75) is 59.7 Å². The summed E-state index contributed by atoms with van der Waals surface area (Å²) in [4.78, 5) is 2.34. The molecule has 1 unspecified atom stereocenters. The quantitative estimate of drug-likeness (QED) is 0.639. The molecule has 0 spiro atoms. The van der Waals surface area contributed by atoms with E-state index in [1.54, 1.807) is 0 Å². The van der Waals surface area contributed by atoms with E-state index in [-0.39, 0.29) is 5.60 Å². The van der Waals surface area contributed by atoms with Crippen LogP contribution in [0.2, 0.25) is 0 Å². The fourth-order valence-corrected chi connectivity index (χ4v) is 4.16. The first-order chi connectivity index (χ1) is 13.4. The minimum Gasteiger partial charge on any atom is -0.488 e. The first-order valence-corrected chi connectivity index (χ1v) is 10.4. The molecule has 1 atom stereocenters. The zero-order chi connectivity index (χ0) is 20.3. The maximum atomic E-state index is 6.64. The summed E-state index contributed by atoms with van der Waals surface area (Å²) in [7, 11) is 0. The van der Waals surface area contributed by atoms with E-state index in [0.717, 1.165) is 44.0 Å². The van der Waals surface area contributed by atoms with Crippen molar-refractivity contribution < 1.29 is 9.47 Å². The smallest absolute Gasteiger partial charge is 0.127 e. The molecule has 1 heterocycles. The Morgan fingerprint density at radius 2 is 1.82 bits per heavy atom. The van der Waals surface area contributed by atoms with Gasteiger partial charge < -0.3 is 9.47 Å². The van der Waals surface area contributed by atoms with E-state index in [1.807, 2.05) is 6.07 Å². The standard InChI is InChI=1S/C25H34NO2/c1-7-26(8-2)17-25(6)15-14-22-20(5)23(18(3)19(4)24(22)28-25)27-16-21-12-10-9-11-13-21/h9-13H,1,7-8,14-17H2,2-6H3. The van der Waals surface area contributed by atoms with Gasteiger partial charge in [-0.3, -0.25) is 4.90 Å².